The fourth-order valence-corrected chi connectivity index (χ4v) is 5.10. The molecule has 244 valence electrons. The van der Waals surface area contributed by atoms with Crippen LogP contribution in [-0.2, 0) is 17.5 Å². The SMILES string of the molecule is COc1cc(OC)c(CN2C(=O)CNc3c(C(=O)N[C@H](C)c4cc(-c5nc6ccc(C(F)(F)F)cc6[nH]5)no4)ncnc32)c(OC)c1. The smallest absolute Gasteiger partial charge is 0.416 e. The summed E-state index contributed by atoms with van der Waals surface area (Å²) >= 11 is 0. The van der Waals surface area contributed by atoms with Crippen LogP contribution in [0.1, 0.15) is 40.3 Å². The quantitative estimate of drug-likeness (QED) is 0.205. The zero-order valence-corrected chi connectivity index (χ0v) is 25.4. The lowest BCUT2D eigenvalue weighted by Crippen LogP contribution is -2.41. The molecule has 6 rings (SSSR count). The topological polar surface area (TPSA) is 170 Å². The van der Waals surface area contributed by atoms with Crippen molar-refractivity contribution in [3.05, 3.63) is 65.3 Å². The average molecular weight is 653 g/mol. The number of imidazole rings is 1. The van der Waals surface area contributed by atoms with Gasteiger partial charge in [-0.25, -0.2) is 15.0 Å². The summed E-state index contributed by atoms with van der Waals surface area (Å²) in [4.78, 5) is 43.5. The number of nitrogens with zero attached hydrogens (tertiary/aromatic N) is 5. The second-order valence-corrected chi connectivity index (χ2v) is 10.4. The number of methoxy groups -OCH3 is 3. The first-order chi connectivity index (χ1) is 22.5. The van der Waals surface area contributed by atoms with Crippen LogP contribution in [0.3, 0.4) is 0 Å². The van der Waals surface area contributed by atoms with Crippen LogP contribution < -0.4 is 29.7 Å². The number of hydrogen-bond donors (Lipinski definition) is 3. The van der Waals surface area contributed by atoms with Gasteiger partial charge in [0.2, 0.25) is 5.91 Å². The number of H-pyrrole nitrogens is 1. The van der Waals surface area contributed by atoms with Gasteiger partial charge >= 0.3 is 6.18 Å². The Balaban J connectivity index is 1.22. The number of amides is 2. The Labute approximate surface area is 264 Å². The van der Waals surface area contributed by atoms with Gasteiger partial charge in [0.05, 0.1) is 62.6 Å². The predicted molar refractivity (Wildman–Crippen MR) is 160 cm³/mol. The molecule has 0 bridgehead atoms. The number of nitrogens with one attached hydrogen (secondary N) is 3. The molecule has 3 aromatic heterocycles. The Hall–Kier alpha value is -5.87. The third-order valence-electron chi connectivity index (χ3n) is 7.50. The van der Waals surface area contributed by atoms with Gasteiger partial charge in [0.25, 0.3) is 5.91 Å². The molecule has 1 atom stereocenters. The van der Waals surface area contributed by atoms with E-state index >= 15 is 0 Å². The molecule has 3 N–H and O–H groups in total. The van der Waals surface area contributed by atoms with E-state index in [1.807, 2.05) is 0 Å². The molecule has 0 saturated carbocycles. The van der Waals surface area contributed by atoms with Crippen molar-refractivity contribution in [3.8, 4) is 28.8 Å². The van der Waals surface area contributed by atoms with Crippen LogP contribution in [0.25, 0.3) is 22.6 Å². The molecule has 0 aliphatic carbocycles. The van der Waals surface area contributed by atoms with Crippen molar-refractivity contribution < 1.29 is 41.5 Å². The summed E-state index contributed by atoms with van der Waals surface area (Å²) < 4.78 is 61.2. The van der Waals surface area contributed by atoms with E-state index in [1.54, 1.807) is 19.1 Å². The first-order valence-corrected chi connectivity index (χ1v) is 14.0. The summed E-state index contributed by atoms with van der Waals surface area (Å²) in [5.41, 5.74) is 0.681. The minimum Gasteiger partial charge on any atom is -0.496 e. The summed E-state index contributed by atoms with van der Waals surface area (Å²) in [5.74, 6) is 1.05. The molecule has 2 amide bonds. The number of anilines is 2. The van der Waals surface area contributed by atoms with Crippen LogP contribution in [0.2, 0.25) is 0 Å². The number of hydrogen-bond acceptors (Lipinski definition) is 11. The van der Waals surface area contributed by atoms with E-state index in [9.17, 15) is 22.8 Å². The van der Waals surface area contributed by atoms with E-state index in [2.05, 4.69) is 35.7 Å². The molecule has 0 saturated heterocycles. The molecular formula is C30H27F3N8O6. The lowest BCUT2D eigenvalue weighted by molar-refractivity contribution is -0.137. The van der Waals surface area contributed by atoms with Crippen LogP contribution in [0.4, 0.5) is 24.7 Å². The number of alkyl halides is 3. The van der Waals surface area contributed by atoms with Crippen LogP contribution in [-0.4, -0.2) is 64.8 Å². The van der Waals surface area contributed by atoms with Crippen molar-refractivity contribution in [2.45, 2.75) is 25.7 Å². The zero-order chi connectivity index (χ0) is 33.5. The molecule has 4 heterocycles. The molecule has 2 aromatic carbocycles. The monoisotopic (exact) mass is 652 g/mol. The van der Waals surface area contributed by atoms with Gasteiger partial charge in [-0.2, -0.15) is 13.2 Å². The first-order valence-electron chi connectivity index (χ1n) is 14.0. The normalized spacial score (nSPS) is 13.6. The molecule has 5 aromatic rings. The minimum atomic E-state index is -4.50. The number of rotatable bonds is 9. The van der Waals surface area contributed by atoms with E-state index in [-0.39, 0.29) is 59.0 Å². The number of carbonyl (C=O) groups excluding carboxylic acids is 2. The van der Waals surface area contributed by atoms with Gasteiger partial charge in [0.1, 0.15) is 35.0 Å². The maximum Gasteiger partial charge on any atom is 0.416 e. The summed E-state index contributed by atoms with van der Waals surface area (Å²) in [5, 5.41) is 9.70. The first kappa shape index (κ1) is 31.1. The minimum absolute atomic E-state index is 0.0124. The van der Waals surface area contributed by atoms with Gasteiger partial charge < -0.3 is 34.4 Å². The number of halogens is 3. The van der Waals surface area contributed by atoms with Crippen LogP contribution in [0, 0.1) is 0 Å². The third-order valence-corrected chi connectivity index (χ3v) is 7.50. The summed E-state index contributed by atoms with van der Waals surface area (Å²) in [6.07, 6.45) is -3.33. The largest absolute Gasteiger partial charge is 0.496 e. The van der Waals surface area contributed by atoms with E-state index < -0.39 is 23.7 Å². The maximum atomic E-state index is 13.5. The Morgan fingerprint density at radius 1 is 1.09 bits per heavy atom. The van der Waals surface area contributed by atoms with E-state index in [4.69, 9.17) is 18.7 Å². The standard InChI is InChI=1S/C30H27F3N8O6/c1-14(21-10-20(40-47-21)27-38-18-6-5-15(30(31,32)33)7-19(18)39-27)37-29(43)26-25-28(36-13-35-26)41(24(42)11-34-25)12-17-22(45-3)8-16(44-2)9-23(17)46-4/h5-10,13-14,34H,11-12H2,1-4H3,(H,37,43)(H,38,39)/t14-/m1/s1. The fraction of sp³-hybridized carbons (Fsp3) is 0.267. The van der Waals surface area contributed by atoms with Crippen molar-refractivity contribution in [2.75, 3.05) is 38.1 Å². The molecule has 0 unspecified atom stereocenters. The molecule has 47 heavy (non-hydrogen) atoms. The number of fused-ring (bicyclic) bond motifs is 2. The number of benzene rings is 2. The summed E-state index contributed by atoms with van der Waals surface area (Å²) in [6.45, 7) is 1.53. The Kier molecular flexibility index (Phi) is 8.04. The van der Waals surface area contributed by atoms with Crippen molar-refractivity contribution in [2.24, 2.45) is 0 Å². The highest BCUT2D eigenvalue weighted by Crippen LogP contribution is 2.38. The van der Waals surface area contributed by atoms with Crippen LogP contribution in [0.15, 0.2) is 47.2 Å². The van der Waals surface area contributed by atoms with Gasteiger partial charge in [-0.1, -0.05) is 5.16 Å². The number of carbonyl (C=O) groups is 2. The fourth-order valence-electron chi connectivity index (χ4n) is 5.10. The van der Waals surface area contributed by atoms with Crippen molar-refractivity contribution in [1.29, 1.82) is 0 Å². The van der Waals surface area contributed by atoms with Crippen LogP contribution >= 0.6 is 0 Å². The zero-order valence-electron chi connectivity index (χ0n) is 25.4. The molecule has 14 nitrogen and oxygen atoms in total. The second kappa shape index (κ2) is 12.1. The predicted octanol–water partition coefficient (Wildman–Crippen LogP) is 4.50. The molecule has 1 aliphatic heterocycles. The van der Waals surface area contributed by atoms with E-state index in [0.29, 0.717) is 28.3 Å². The van der Waals surface area contributed by atoms with Gasteiger partial charge in [0, 0.05) is 18.2 Å². The average Bonchev–Trinajstić information content (AvgIpc) is 3.72. The summed E-state index contributed by atoms with van der Waals surface area (Å²) in [6, 6.07) is 7.29. The van der Waals surface area contributed by atoms with Gasteiger partial charge in [-0.15, -0.1) is 0 Å². The van der Waals surface area contributed by atoms with Gasteiger partial charge in [-0.05, 0) is 25.1 Å². The molecule has 0 radical (unpaired) electrons. The molecular weight excluding hydrogens is 625 g/mol. The highest BCUT2D eigenvalue weighted by Gasteiger charge is 2.33. The second-order valence-electron chi connectivity index (χ2n) is 10.4. The lowest BCUT2D eigenvalue weighted by Gasteiger charge is -2.30. The van der Waals surface area contributed by atoms with Crippen molar-refractivity contribution >= 4 is 34.4 Å². The van der Waals surface area contributed by atoms with Gasteiger partial charge in [-0.3, -0.25) is 14.5 Å². The highest BCUT2D eigenvalue weighted by atomic mass is 19.4. The lowest BCUT2D eigenvalue weighted by atomic mass is 10.1. The highest BCUT2D eigenvalue weighted by molar-refractivity contribution is 6.07. The summed E-state index contributed by atoms with van der Waals surface area (Å²) in [7, 11) is 4.48. The van der Waals surface area contributed by atoms with Crippen molar-refractivity contribution in [3.63, 3.8) is 0 Å². The maximum absolute atomic E-state index is 13.5. The number of ether oxygens (including phenoxy) is 3. The third kappa shape index (κ3) is 5.94. The van der Waals surface area contributed by atoms with E-state index in [1.165, 1.54) is 44.7 Å². The molecule has 0 fully saturated rings. The van der Waals surface area contributed by atoms with E-state index in [0.717, 1.165) is 12.1 Å². The van der Waals surface area contributed by atoms with Gasteiger partial charge in [0.15, 0.2) is 23.1 Å². The number of aromatic amines is 1. The van der Waals surface area contributed by atoms with Crippen LogP contribution in [0.5, 0.6) is 17.2 Å². The molecule has 17 heteroatoms. The Morgan fingerprint density at radius 3 is 2.51 bits per heavy atom. The molecule has 1 aliphatic rings. The Bertz CT molecular complexity index is 1970. The number of aromatic nitrogens is 5. The van der Waals surface area contributed by atoms with Crippen molar-refractivity contribution in [1.82, 2.24) is 30.4 Å². The molecule has 0 spiro atoms. The Morgan fingerprint density at radius 2 is 1.83 bits per heavy atom.